The minimum absolute atomic E-state index is 0.109. The number of urea groups is 1. The molecular formula is C19H24FN3O2. The van der Waals surface area contributed by atoms with E-state index >= 15 is 0 Å². The summed E-state index contributed by atoms with van der Waals surface area (Å²) in [4.78, 5) is 13.8. The summed E-state index contributed by atoms with van der Waals surface area (Å²) < 4.78 is 18.9. The third kappa shape index (κ3) is 6.43. The number of benzene rings is 2. The van der Waals surface area contributed by atoms with Gasteiger partial charge in [-0.3, -0.25) is 0 Å². The van der Waals surface area contributed by atoms with Gasteiger partial charge in [0.1, 0.15) is 18.2 Å². The second kappa shape index (κ2) is 9.64. The molecule has 0 spiro atoms. The number of carbonyl (C=O) groups excluding carboxylic acids is 1. The first-order chi connectivity index (χ1) is 12.1. The molecule has 0 aromatic heterocycles. The molecule has 0 heterocycles. The van der Waals surface area contributed by atoms with Gasteiger partial charge in [-0.15, -0.1) is 0 Å². The number of likely N-dealkylation sites (N-methyl/N-ethyl adjacent to an activating group) is 1. The van der Waals surface area contributed by atoms with Crippen LogP contribution >= 0.6 is 0 Å². The van der Waals surface area contributed by atoms with Crippen LogP contribution in [-0.4, -0.2) is 44.7 Å². The molecule has 0 aliphatic rings. The summed E-state index contributed by atoms with van der Waals surface area (Å²) in [6.07, 6.45) is 0. The Kier molecular flexibility index (Phi) is 7.22. The summed E-state index contributed by atoms with van der Waals surface area (Å²) in [5.74, 6) is 0.482. The first-order valence-corrected chi connectivity index (χ1v) is 8.17. The van der Waals surface area contributed by atoms with Crippen molar-refractivity contribution in [3.05, 3.63) is 66.0 Å². The lowest BCUT2D eigenvalue weighted by Crippen LogP contribution is -2.41. The quantitative estimate of drug-likeness (QED) is 0.724. The molecule has 2 rings (SSSR count). The molecule has 25 heavy (non-hydrogen) atoms. The van der Waals surface area contributed by atoms with Crippen LogP contribution in [0.25, 0.3) is 0 Å². The second-order valence-corrected chi connectivity index (χ2v) is 5.83. The van der Waals surface area contributed by atoms with E-state index in [1.807, 2.05) is 55.4 Å². The lowest BCUT2D eigenvalue weighted by atomic mass is 10.1. The normalized spacial score (nSPS) is 11.8. The SMILES string of the molecule is CN(C)C(CNC(=O)NCCOc1ccccc1)c1cccc(F)c1. The van der Waals surface area contributed by atoms with E-state index in [2.05, 4.69) is 10.6 Å². The number of para-hydroxylation sites is 1. The third-order valence-corrected chi connectivity index (χ3v) is 3.71. The van der Waals surface area contributed by atoms with Crippen LogP contribution in [0.4, 0.5) is 9.18 Å². The van der Waals surface area contributed by atoms with Crippen molar-refractivity contribution in [2.45, 2.75) is 6.04 Å². The highest BCUT2D eigenvalue weighted by atomic mass is 19.1. The molecule has 0 saturated heterocycles. The molecule has 6 heteroatoms. The Morgan fingerprint density at radius 1 is 1.12 bits per heavy atom. The fraction of sp³-hybridized carbons (Fsp3) is 0.316. The van der Waals surface area contributed by atoms with Crippen molar-refractivity contribution in [2.75, 3.05) is 33.8 Å². The molecular weight excluding hydrogens is 321 g/mol. The smallest absolute Gasteiger partial charge is 0.314 e. The van der Waals surface area contributed by atoms with Gasteiger partial charge in [0, 0.05) is 6.54 Å². The predicted octanol–water partition coefficient (Wildman–Crippen LogP) is 2.81. The summed E-state index contributed by atoms with van der Waals surface area (Å²) in [7, 11) is 3.78. The zero-order valence-electron chi connectivity index (χ0n) is 14.5. The summed E-state index contributed by atoms with van der Waals surface area (Å²) in [5, 5.41) is 5.55. The highest BCUT2D eigenvalue weighted by Crippen LogP contribution is 2.18. The van der Waals surface area contributed by atoms with Gasteiger partial charge in [-0.25, -0.2) is 9.18 Å². The van der Waals surface area contributed by atoms with Crippen molar-refractivity contribution < 1.29 is 13.9 Å². The Hall–Kier alpha value is -2.60. The maximum absolute atomic E-state index is 13.4. The summed E-state index contributed by atoms with van der Waals surface area (Å²) >= 11 is 0. The first kappa shape index (κ1) is 18.7. The number of rotatable bonds is 8. The van der Waals surface area contributed by atoms with Crippen LogP contribution in [0.1, 0.15) is 11.6 Å². The van der Waals surface area contributed by atoms with Crippen LogP contribution in [0.2, 0.25) is 0 Å². The third-order valence-electron chi connectivity index (χ3n) is 3.71. The number of nitrogens with one attached hydrogen (secondary N) is 2. The number of hydrogen-bond acceptors (Lipinski definition) is 3. The Bertz CT molecular complexity index is 665. The summed E-state index contributed by atoms with van der Waals surface area (Å²) in [6.45, 7) is 1.16. The van der Waals surface area contributed by atoms with Crippen molar-refractivity contribution >= 4 is 6.03 Å². The van der Waals surface area contributed by atoms with Crippen LogP contribution in [-0.2, 0) is 0 Å². The van der Waals surface area contributed by atoms with E-state index in [4.69, 9.17) is 4.74 Å². The number of ether oxygens (including phenoxy) is 1. The molecule has 1 atom stereocenters. The van der Waals surface area contributed by atoms with Crippen molar-refractivity contribution in [1.82, 2.24) is 15.5 Å². The molecule has 0 radical (unpaired) electrons. The van der Waals surface area contributed by atoms with Gasteiger partial charge in [0.25, 0.3) is 0 Å². The number of nitrogens with zero attached hydrogens (tertiary/aromatic N) is 1. The van der Waals surface area contributed by atoms with Gasteiger partial charge in [-0.05, 0) is 43.9 Å². The lowest BCUT2D eigenvalue weighted by Gasteiger charge is -2.25. The maximum Gasteiger partial charge on any atom is 0.314 e. The fourth-order valence-electron chi connectivity index (χ4n) is 2.41. The van der Waals surface area contributed by atoms with E-state index in [1.165, 1.54) is 12.1 Å². The average Bonchev–Trinajstić information content (AvgIpc) is 2.59. The van der Waals surface area contributed by atoms with Gasteiger partial charge >= 0.3 is 6.03 Å². The molecule has 0 aliphatic heterocycles. The Morgan fingerprint density at radius 3 is 2.56 bits per heavy atom. The average molecular weight is 345 g/mol. The van der Waals surface area contributed by atoms with Crippen LogP contribution in [0.5, 0.6) is 5.75 Å². The van der Waals surface area contributed by atoms with Gasteiger partial charge in [0.2, 0.25) is 0 Å². The van der Waals surface area contributed by atoms with E-state index in [1.54, 1.807) is 6.07 Å². The molecule has 0 aliphatic carbocycles. The standard InChI is InChI=1S/C19H24FN3O2/c1-23(2)18(15-7-6-8-16(20)13-15)14-22-19(24)21-11-12-25-17-9-4-3-5-10-17/h3-10,13,18H,11-12,14H2,1-2H3,(H2,21,22,24). The fourth-order valence-corrected chi connectivity index (χ4v) is 2.41. The number of hydrogen-bond donors (Lipinski definition) is 2. The van der Waals surface area contributed by atoms with E-state index in [9.17, 15) is 9.18 Å². The van der Waals surface area contributed by atoms with Gasteiger partial charge in [-0.1, -0.05) is 30.3 Å². The van der Waals surface area contributed by atoms with Crippen molar-refractivity contribution in [3.8, 4) is 5.75 Å². The zero-order valence-corrected chi connectivity index (χ0v) is 14.5. The van der Waals surface area contributed by atoms with E-state index in [-0.39, 0.29) is 17.9 Å². The predicted molar refractivity (Wildman–Crippen MR) is 96.2 cm³/mol. The van der Waals surface area contributed by atoms with Gasteiger partial charge < -0.3 is 20.3 Å². The highest BCUT2D eigenvalue weighted by molar-refractivity contribution is 5.73. The molecule has 0 saturated carbocycles. The highest BCUT2D eigenvalue weighted by Gasteiger charge is 2.15. The van der Waals surface area contributed by atoms with Crippen LogP contribution < -0.4 is 15.4 Å². The van der Waals surface area contributed by atoms with E-state index < -0.39 is 0 Å². The number of carbonyl (C=O) groups is 1. The summed E-state index contributed by atoms with van der Waals surface area (Å²) in [6, 6.07) is 15.4. The van der Waals surface area contributed by atoms with Crippen LogP contribution in [0, 0.1) is 5.82 Å². The first-order valence-electron chi connectivity index (χ1n) is 8.17. The largest absolute Gasteiger partial charge is 0.492 e. The zero-order chi connectivity index (χ0) is 18.1. The number of amides is 2. The maximum atomic E-state index is 13.4. The van der Waals surface area contributed by atoms with Crippen molar-refractivity contribution in [2.24, 2.45) is 0 Å². The topological polar surface area (TPSA) is 53.6 Å². The minimum atomic E-state index is -0.285. The lowest BCUT2D eigenvalue weighted by molar-refractivity contribution is 0.229. The Morgan fingerprint density at radius 2 is 1.88 bits per heavy atom. The second-order valence-electron chi connectivity index (χ2n) is 5.83. The van der Waals surface area contributed by atoms with Gasteiger partial charge in [0.15, 0.2) is 0 Å². The molecule has 2 aromatic rings. The molecule has 2 N–H and O–H groups in total. The van der Waals surface area contributed by atoms with Crippen LogP contribution in [0.3, 0.4) is 0 Å². The molecule has 2 amide bonds. The molecule has 0 fully saturated rings. The minimum Gasteiger partial charge on any atom is -0.492 e. The van der Waals surface area contributed by atoms with Gasteiger partial charge in [-0.2, -0.15) is 0 Å². The van der Waals surface area contributed by atoms with Crippen LogP contribution in [0.15, 0.2) is 54.6 Å². The van der Waals surface area contributed by atoms with Crippen molar-refractivity contribution in [1.29, 1.82) is 0 Å². The molecule has 1 unspecified atom stereocenters. The molecule has 2 aromatic carbocycles. The Labute approximate surface area is 147 Å². The van der Waals surface area contributed by atoms with Crippen molar-refractivity contribution in [3.63, 3.8) is 0 Å². The Balaban J connectivity index is 1.73. The molecule has 134 valence electrons. The monoisotopic (exact) mass is 345 g/mol. The summed E-state index contributed by atoms with van der Waals surface area (Å²) in [5.41, 5.74) is 0.817. The number of halogens is 1. The van der Waals surface area contributed by atoms with E-state index in [0.29, 0.717) is 19.7 Å². The molecule has 5 nitrogen and oxygen atoms in total. The van der Waals surface area contributed by atoms with Gasteiger partial charge in [0.05, 0.1) is 12.6 Å². The molecule has 0 bridgehead atoms. The van der Waals surface area contributed by atoms with E-state index in [0.717, 1.165) is 11.3 Å².